The lowest BCUT2D eigenvalue weighted by atomic mass is 10.2. The third-order valence-electron chi connectivity index (χ3n) is 3.26. The quantitative estimate of drug-likeness (QED) is 0.712. The standard InChI is InChI=1S/C16H15N3O2S/c20-13(14-4-3-9-22-14)6-7-16(21)17-10-12-11-19-8-2-1-5-15(19)18-12/h1-5,8-9,11H,6-7,10H2,(H,17,21). The molecule has 112 valence electrons. The Morgan fingerprint density at radius 2 is 2.09 bits per heavy atom. The summed E-state index contributed by atoms with van der Waals surface area (Å²) in [5.74, 6) is -0.125. The van der Waals surface area contributed by atoms with Crippen LogP contribution in [-0.4, -0.2) is 21.1 Å². The highest BCUT2D eigenvalue weighted by atomic mass is 32.1. The first-order chi connectivity index (χ1) is 10.7. The summed E-state index contributed by atoms with van der Waals surface area (Å²) in [6.07, 6.45) is 4.22. The number of carbonyl (C=O) groups is 2. The van der Waals surface area contributed by atoms with E-state index in [9.17, 15) is 9.59 Å². The van der Waals surface area contributed by atoms with Gasteiger partial charge in [0, 0.05) is 25.2 Å². The van der Waals surface area contributed by atoms with Crippen LogP contribution in [0.15, 0.2) is 48.1 Å². The topological polar surface area (TPSA) is 63.5 Å². The van der Waals surface area contributed by atoms with E-state index in [0.717, 1.165) is 11.3 Å². The molecule has 3 heterocycles. The molecule has 3 aromatic rings. The Kier molecular flexibility index (Phi) is 4.29. The first-order valence-corrected chi connectivity index (χ1v) is 7.86. The molecule has 0 atom stereocenters. The van der Waals surface area contributed by atoms with Crippen LogP contribution in [0.1, 0.15) is 28.2 Å². The van der Waals surface area contributed by atoms with Gasteiger partial charge in [-0.3, -0.25) is 9.59 Å². The molecule has 0 aliphatic heterocycles. The van der Waals surface area contributed by atoms with Crippen molar-refractivity contribution in [3.63, 3.8) is 0 Å². The molecule has 0 spiro atoms. The van der Waals surface area contributed by atoms with Crippen LogP contribution in [0.3, 0.4) is 0 Å². The van der Waals surface area contributed by atoms with Gasteiger partial charge >= 0.3 is 0 Å². The molecular formula is C16H15N3O2S. The van der Waals surface area contributed by atoms with Crippen LogP contribution in [0.4, 0.5) is 0 Å². The summed E-state index contributed by atoms with van der Waals surface area (Å²) in [7, 11) is 0. The number of carbonyl (C=O) groups excluding carboxylic acids is 2. The Bertz CT molecular complexity index is 760. The summed E-state index contributed by atoms with van der Waals surface area (Å²) in [4.78, 5) is 28.7. The van der Waals surface area contributed by atoms with E-state index in [-0.39, 0.29) is 24.5 Å². The van der Waals surface area contributed by atoms with Crippen molar-refractivity contribution in [2.45, 2.75) is 19.4 Å². The molecule has 0 aliphatic rings. The molecule has 0 saturated heterocycles. The third kappa shape index (κ3) is 3.40. The smallest absolute Gasteiger partial charge is 0.220 e. The number of amides is 1. The van der Waals surface area contributed by atoms with Crippen LogP contribution in [0.5, 0.6) is 0 Å². The minimum atomic E-state index is -0.137. The van der Waals surface area contributed by atoms with Gasteiger partial charge in [-0.05, 0) is 23.6 Å². The van der Waals surface area contributed by atoms with Crippen LogP contribution < -0.4 is 5.32 Å². The van der Waals surface area contributed by atoms with Crippen molar-refractivity contribution in [3.05, 3.63) is 58.7 Å². The SMILES string of the molecule is O=C(CCC(=O)c1cccs1)NCc1cn2ccccc2n1. The summed E-state index contributed by atoms with van der Waals surface area (Å²) in [5, 5.41) is 4.65. The normalized spacial score (nSPS) is 10.7. The van der Waals surface area contributed by atoms with Crippen molar-refractivity contribution in [3.8, 4) is 0 Å². The minimum Gasteiger partial charge on any atom is -0.350 e. The molecule has 0 saturated carbocycles. The van der Waals surface area contributed by atoms with Crippen molar-refractivity contribution in [2.75, 3.05) is 0 Å². The van der Waals surface area contributed by atoms with Crippen LogP contribution in [0.25, 0.3) is 5.65 Å². The van der Waals surface area contributed by atoms with E-state index < -0.39 is 0 Å². The van der Waals surface area contributed by atoms with Crippen LogP contribution in [0, 0.1) is 0 Å². The number of Topliss-reactive ketones (excluding diaryl/α,β-unsaturated/α-hetero) is 1. The van der Waals surface area contributed by atoms with Gasteiger partial charge in [-0.2, -0.15) is 0 Å². The van der Waals surface area contributed by atoms with Gasteiger partial charge in [-0.15, -0.1) is 11.3 Å². The predicted molar refractivity (Wildman–Crippen MR) is 84.9 cm³/mol. The summed E-state index contributed by atoms with van der Waals surface area (Å²) in [6, 6.07) is 9.36. The van der Waals surface area contributed by atoms with Crippen molar-refractivity contribution in [1.29, 1.82) is 0 Å². The summed E-state index contributed by atoms with van der Waals surface area (Å²) >= 11 is 1.40. The van der Waals surface area contributed by atoms with Gasteiger partial charge in [0.05, 0.1) is 17.1 Å². The number of fused-ring (bicyclic) bond motifs is 1. The van der Waals surface area contributed by atoms with Gasteiger partial charge in [0.25, 0.3) is 0 Å². The highest BCUT2D eigenvalue weighted by Crippen LogP contribution is 2.12. The van der Waals surface area contributed by atoms with E-state index in [2.05, 4.69) is 10.3 Å². The van der Waals surface area contributed by atoms with Crippen molar-refractivity contribution in [2.24, 2.45) is 0 Å². The molecule has 0 fully saturated rings. The fourth-order valence-corrected chi connectivity index (χ4v) is 2.83. The van der Waals surface area contributed by atoms with Crippen molar-refractivity contribution < 1.29 is 9.59 Å². The summed E-state index contributed by atoms with van der Waals surface area (Å²) in [5.41, 5.74) is 1.64. The van der Waals surface area contributed by atoms with E-state index >= 15 is 0 Å². The third-order valence-corrected chi connectivity index (χ3v) is 4.17. The minimum absolute atomic E-state index is 0.0119. The van der Waals surface area contributed by atoms with E-state index in [4.69, 9.17) is 0 Å². The van der Waals surface area contributed by atoms with Crippen molar-refractivity contribution in [1.82, 2.24) is 14.7 Å². The number of rotatable bonds is 6. The maximum absolute atomic E-state index is 11.8. The van der Waals surface area contributed by atoms with E-state index in [0.29, 0.717) is 11.4 Å². The number of nitrogens with one attached hydrogen (secondary N) is 1. The molecule has 22 heavy (non-hydrogen) atoms. The van der Waals surface area contributed by atoms with Gasteiger partial charge in [0.15, 0.2) is 5.78 Å². The second-order valence-corrected chi connectivity index (χ2v) is 5.82. The zero-order chi connectivity index (χ0) is 15.4. The van der Waals surface area contributed by atoms with Crippen LogP contribution in [-0.2, 0) is 11.3 Å². The molecule has 0 bridgehead atoms. The second kappa shape index (κ2) is 6.53. The monoisotopic (exact) mass is 313 g/mol. The zero-order valence-corrected chi connectivity index (χ0v) is 12.7. The highest BCUT2D eigenvalue weighted by Gasteiger charge is 2.10. The Labute approximate surface area is 131 Å². The lowest BCUT2D eigenvalue weighted by Crippen LogP contribution is -2.23. The average molecular weight is 313 g/mol. The van der Waals surface area contributed by atoms with E-state index in [1.54, 1.807) is 6.07 Å². The number of ketones is 1. The molecule has 6 heteroatoms. The predicted octanol–water partition coefficient (Wildman–Crippen LogP) is 2.68. The average Bonchev–Trinajstić information content (AvgIpc) is 3.19. The van der Waals surface area contributed by atoms with Gasteiger partial charge in [-0.1, -0.05) is 12.1 Å². The van der Waals surface area contributed by atoms with Gasteiger partial charge in [0.1, 0.15) is 5.65 Å². The molecule has 0 aromatic carbocycles. The molecule has 0 radical (unpaired) electrons. The molecule has 0 unspecified atom stereocenters. The van der Waals surface area contributed by atoms with E-state index in [1.807, 2.05) is 46.4 Å². The molecule has 5 nitrogen and oxygen atoms in total. The maximum Gasteiger partial charge on any atom is 0.220 e. The number of imidazole rings is 1. The zero-order valence-electron chi connectivity index (χ0n) is 11.9. The lowest BCUT2D eigenvalue weighted by Gasteiger charge is -2.02. The molecule has 3 aromatic heterocycles. The van der Waals surface area contributed by atoms with Crippen molar-refractivity contribution >= 4 is 28.7 Å². The highest BCUT2D eigenvalue weighted by molar-refractivity contribution is 7.12. The summed E-state index contributed by atoms with van der Waals surface area (Å²) in [6.45, 7) is 0.369. The van der Waals surface area contributed by atoms with Gasteiger partial charge in [-0.25, -0.2) is 4.98 Å². The van der Waals surface area contributed by atoms with Gasteiger partial charge in [0.2, 0.25) is 5.91 Å². The fourth-order valence-electron chi connectivity index (χ4n) is 2.14. The number of thiophene rings is 1. The van der Waals surface area contributed by atoms with Crippen LogP contribution in [0.2, 0.25) is 0 Å². The second-order valence-electron chi connectivity index (χ2n) is 4.88. The Balaban J connectivity index is 1.49. The lowest BCUT2D eigenvalue weighted by molar-refractivity contribution is -0.121. The van der Waals surface area contributed by atoms with E-state index in [1.165, 1.54) is 11.3 Å². The van der Waals surface area contributed by atoms with Crippen LogP contribution >= 0.6 is 11.3 Å². The first kappa shape index (κ1) is 14.5. The number of aromatic nitrogens is 2. The Hall–Kier alpha value is -2.47. The largest absolute Gasteiger partial charge is 0.350 e. The fraction of sp³-hybridized carbons (Fsp3) is 0.188. The number of nitrogens with zero attached hydrogens (tertiary/aromatic N) is 2. The Morgan fingerprint density at radius 3 is 2.86 bits per heavy atom. The maximum atomic E-state index is 11.8. The summed E-state index contributed by atoms with van der Waals surface area (Å²) < 4.78 is 1.90. The molecule has 1 N–H and O–H groups in total. The molecular weight excluding hydrogens is 298 g/mol. The Morgan fingerprint density at radius 1 is 1.18 bits per heavy atom. The molecule has 1 amide bonds. The number of pyridine rings is 1. The number of hydrogen-bond acceptors (Lipinski definition) is 4. The first-order valence-electron chi connectivity index (χ1n) is 6.98. The van der Waals surface area contributed by atoms with Gasteiger partial charge < -0.3 is 9.72 Å². The number of hydrogen-bond donors (Lipinski definition) is 1. The molecule has 3 rings (SSSR count). The molecule has 0 aliphatic carbocycles.